The van der Waals surface area contributed by atoms with Crippen molar-refractivity contribution in [3.05, 3.63) is 18.1 Å². The largest absolute Gasteiger partial charge is 0.381 e. The smallest absolute Gasteiger partial charge is 0.242 e. The lowest BCUT2D eigenvalue weighted by atomic mass is 10.4. The van der Waals surface area contributed by atoms with Gasteiger partial charge in [-0.15, -0.1) is 0 Å². The fraction of sp³-hybridized carbons (Fsp3) is 0.444. The summed E-state index contributed by atoms with van der Waals surface area (Å²) in [5.41, 5.74) is 4.78. The maximum absolute atomic E-state index is 13.1. The van der Waals surface area contributed by atoms with Crippen LogP contribution in [0.5, 0.6) is 0 Å². The molecule has 1 aliphatic rings. The van der Waals surface area contributed by atoms with Gasteiger partial charge in [-0.3, -0.25) is 0 Å². The van der Waals surface area contributed by atoms with Crippen LogP contribution in [0.3, 0.4) is 0 Å². The highest BCUT2D eigenvalue weighted by Crippen LogP contribution is 2.35. The molecule has 0 saturated heterocycles. The first-order valence-electron chi connectivity index (χ1n) is 4.77. The average Bonchev–Trinajstić information content (AvgIpc) is 2.86. The highest BCUT2D eigenvalue weighted by Gasteiger charge is 2.41. The summed E-state index contributed by atoms with van der Waals surface area (Å²) in [6.45, 7) is 1.80. The Hall–Kier alpha value is -1.21. The molecule has 0 amide bonds. The zero-order valence-electron chi connectivity index (χ0n) is 8.70. The van der Waals surface area contributed by atoms with Crippen LogP contribution in [-0.2, 0) is 10.0 Å². The van der Waals surface area contributed by atoms with E-state index in [1.54, 1.807) is 6.92 Å². The molecule has 1 aromatic rings. The Morgan fingerprint density at radius 3 is 2.69 bits per heavy atom. The maximum atomic E-state index is 13.1. The predicted octanol–water partition coefficient (Wildman–Crippen LogP) is 0.634. The number of hydrogen-bond acceptors (Lipinski definition) is 4. The van der Waals surface area contributed by atoms with Crippen molar-refractivity contribution in [1.82, 2.24) is 9.71 Å². The summed E-state index contributed by atoms with van der Waals surface area (Å²) < 4.78 is 39.2. The van der Waals surface area contributed by atoms with E-state index in [2.05, 4.69) is 9.71 Å². The molecular weight excluding hydrogens is 233 g/mol. The molecule has 1 fully saturated rings. The second-order valence-electron chi connectivity index (χ2n) is 4.20. The number of aromatic nitrogens is 1. The summed E-state index contributed by atoms with van der Waals surface area (Å²) in [5, 5.41) is 0. The number of nitrogens with one attached hydrogen (secondary N) is 1. The standard InChI is InChI=1S/C9H12FN3O2S/c1-9(2-3-9)13-16(14,15)6-4-7(10)8(11)12-5-6/h4-5,13H,2-3H2,1H3,(H2,11,12). The molecule has 88 valence electrons. The summed E-state index contributed by atoms with van der Waals surface area (Å²) in [6, 6.07) is 0.871. The number of rotatable bonds is 3. The molecule has 0 spiro atoms. The van der Waals surface area contributed by atoms with Gasteiger partial charge in [0.25, 0.3) is 0 Å². The molecule has 7 heteroatoms. The van der Waals surface area contributed by atoms with E-state index in [9.17, 15) is 12.8 Å². The lowest BCUT2D eigenvalue weighted by Crippen LogP contribution is -2.34. The number of nitrogen functional groups attached to an aromatic ring is 1. The van der Waals surface area contributed by atoms with E-state index in [1.807, 2.05) is 0 Å². The van der Waals surface area contributed by atoms with Gasteiger partial charge in [0.1, 0.15) is 4.90 Å². The number of halogens is 1. The fourth-order valence-electron chi connectivity index (χ4n) is 1.25. The van der Waals surface area contributed by atoms with Crippen molar-refractivity contribution in [1.29, 1.82) is 0 Å². The third-order valence-corrected chi connectivity index (χ3v) is 4.14. The van der Waals surface area contributed by atoms with Crippen molar-refractivity contribution < 1.29 is 12.8 Å². The summed E-state index contributed by atoms with van der Waals surface area (Å²) >= 11 is 0. The molecule has 0 aromatic carbocycles. The van der Waals surface area contributed by atoms with Crippen molar-refractivity contribution in [2.45, 2.75) is 30.2 Å². The summed E-state index contributed by atoms with van der Waals surface area (Å²) in [4.78, 5) is 3.28. The van der Waals surface area contributed by atoms with E-state index in [-0.39, 0.29) is 10.7 Å². The molecule has 16 heavy (non-hydrogen) atoms. The molecule has 0 aliphatic heterocycles. The molecule has 0 unspecified atom stereocenters. The number of pyridine rings is 1. The van der Waals surface area contributed by atoms with Crippen LogP contribution in [-0.4, -0.2) is 18.9 Å². The molecule has 1 saturated carbocycles. The van der Waals surface area contributed by atoms with Crippen LogP contribution < -0.4 is 10.5 Å². The molecule has 5 nitrogen and oxygen atoms in total. The van der Waals surface area contributed by atoms with Gasteiger partial charge < -0.3 is 5.73 Å². The van der Waals surface area contributed by atoms with E-state index in [4.69, 9.17) is 5.73 Å². The number of nitrogens with zero attached hydrogens (tertiary/aromatic N) is 1. The van der Waals surface area contributed by atoms with Gasteiger partial charge in [0, 0.05) is 11.7 Å². The second kappa shape index (κ2) is 3.39. The van der Waals surface area contributed by atoms with Gasteiger partial charge in [0.2, 0.25) is 10.0 Å². The van der Waals surface area contributed by atoms with Crippen molar-refractivity contribution >= 4 is 15.8 Å². The van der Waals surface area contributed by atoms with E-state index < -0.39 is 21.4 Å². The fourth-order valence-corrected chi connectivity index (χ4v) is 2.67. The van der Waals surface area contributed by atoms with Crippen LogP contribution in [0.2, 0.25) is 0 Å². The highest BCUT2D eigenvalue weighted by molar-refractivity contribution is 7.89. The normalized spacial score (nSPS) is 18.4. The zero-order chi connectivity index (χ0) is 12.0. The van der Waals surface area contributed by atoms with Crippen LogP contribution >= 0.6 is 0 Å². The SMILES string of the molecule is CC1(NS(=O)(=O)c2cnc(N)c(F)c2)CC1. The number of hydrogen-bond donors (Lipinski definition) is 2. The Morgan fingerprint density at radius 1 is 1.56 bits per heavy atom. The van der Waals surface area contributed by atoms with Gasteiger partial charge >= 0.3 is 0 Å². The Kier molecular flexibility index (Phi) is 2.39. The first kappa shape index (κ1) is 11.3. The van der Waals surface area contributed by atoms with Crippen LogP contribution in [0.25, 0.3) is 0 Å². The number of nitrogens with two attached hydrogens (primary N) is 1. The lowest BCUT2D eigenvalue weighted by molar-refractivity contribution is 0.555. The first-order valence-corrected chi connectivity index (χ1v) is 6.26. The molecule has 0 bridgehead atoms. The minimum atomic E-state index is -3.70. The third kappa shape index (κ3) is 2.14. The molecule has 0 atom stereocenters. The minimum absolute atomic E-state index is 0.202. The molecule has 3 N–H and O–H groups in total. The van der Waals surface area contributed by atoms with Gasteiger partial charge in [-0.1, -0.05) is 0 Å². The monoisotopic (exact) mass is 245 g/mol. The van der Waals surface area contributed by atoms with Crippen molar-refractivity contribution in [3.63, 3.8) is 0 Å². The van der Waals surface area contributed by atoms with Crippen LogP contribution in [0.15, 0.2) is 17.2 Å². The van der Waals surface area contributed by atoms with Gasteiger partial charge in [0.15, 0.2) is 11.6 Å². The minimum Gasteiger partial charge on any atom is -0.381 e. The van der Waals surface area contributed by atoms with Crippen LogP contribution in [0, 0.1) is 5.82 Å². The summed E-state index contributed by atoms with van der Waals surface area (Å²) in [5.74, 6) is -1.14. The van der Waals surface area contributed by atoms with Gasteiger partial charge in [-0.25, -0.2) is 22.5 Å². The van der Waals surface area contributed by atoms with Crippen LogP contribution in [0.1, 0.15) is 19.8 Å². The topological polar surface area (TPSA) is 85.1 Å². The quantitative estimate of drug-likeness (QED) is 0.818. The molecule has 1 aliphatic carbocycles. The maximum Gasteiger partial charge on any atom is 0.242 e. The van der Waals surface area contributed by atoms with Crippen molar-refractivity contribution in [3.8, 4) is 0 Å². The Bertz CT molecular complexity index is 526. The third-order valence-electron chi connectivity index (χ3n) is 2.54. The Labute approximate surface area is 92.9 Å². The lowest BCUT2D eigenvalue weighted by Gasteiger charge is -2.11. The van der Waals surface area contributed by atoms with E-state index in [0.717, 1.165) is 25.1 Å². The van der Waals surface area contributed by atoms with Crippen molar-refractivity contribution in [2.24, 2.45) is 0 Å². The Balaban J connectivity index is 2.32. The van der Waals surface area contributed by atoms with Gasteiger partial charge in [-0.05, 0) is 25.8 Å². The van der Waals surface area contributed by atoms with Gasteiger partial charge in [0.05, 0.1) is 0 Å². The zero-order valence-corrected chi connectivity index (χ0v) is 9.51. The van der Waals surface area contributed by atoms with E-state index >= 15 is 0 Å². The van der Waals surface area contributed by atoms with E-state index in [1.165, 1.54) is 0 Å². The molecular formula is C9H12FN3O2S. The summed E-state index contributed by atoms with van der Waals surface area (Å²) in [6.07, 6.45) is 2.63. The highest BCUT2D eigenvalue weighted by atomic mass is 32.2. The first-order chi connectivity index (χ1) is 7.32. The van der Waals surface area contributed by atoms with Crippen molar-refractivity contribution in [2.75, 3.05) is 5.73 Å². The number of anilines is 1. The van der Waals surface area contributed by atoms with E-state index in [0.29, 0.717) is 0 Å². The molecule has 2 rings (SSSR count). The second-order valence-corrected chi connectivity index (χ2v) is 5.89. The number of sulfonamides is 1. The average molecular weight is 245 g/mol. The predicted molar refractivity (Wildman–Crippen MR) is 56.6 cm³/mol. The van der Waals surface area contributed by atoms with Crippen LogP contribution in [0.4, 0.5) is 10.2 Å². The van der Waals surface area contributed by atoms with Gasteiger partial charge in [-0.2, -0.15) is 0 Å². The summed E-state index contributed by atoms with van der Waals surface area (Å²) in [7, 11) is -3.70. The Morgan fingerprint density at radius 2 is 2.19 bits per heavy atom. The molecule has 1 aromatic heterocycles. The molecule has 0 radical (unpaired) electrons. The molecule has 1 heterocycles.